The summed E-state index contributed by atoms with van der Waals surface area (Å²) in [6.07, 6.45) is 1.76. The summed E-state index contributed by atoms with van der Waals surface area (Å²) in [7, 11) is -0.708. The first kappa shape index (κ1) is 16.6. The van der Waals surface area contributed by atoms with Crippen molar-refractivity contribution in [2.75, 3.05) is 18.1 Å². The number of pyridine rings is 1. The van der Waals surface area contributed by atoms with Crippen molar-refractivity contribution in [2.24, 2.45) is 0 Å². The molecule has 1 N–H and O–H groups in total. The molecule has 0 saturated heterocycles. The second kappa shape index (κ2) is 9.33. The van der Waals surface area contributed by atoms with E-state index in [0.29, 0.717) is 12.4 Å². The molecule has 1 aromatic carbocycles. The highest BCUT2D eigenvalue weighted by Crippen LogP contribution is 2.14. The predicted octanol–water partition coefficient (Wildman–Crippen LogP) is 2.52. The number of nitrogens with one attached hydrogen (secondary N) is 1. The van der Waals surface area contributed by atoms with E-state index in [1.807, 2.05) is 43.3 Å². The van der Waals surface area contributed by atoms with E-state index in [0.717, 1.165) is 35.8 Å². The van der Waals surface area contributed by atoms with Gasteiger partial charge in [-0.2, -0.15) is 0 Å². The molecular weight excluding hydrogens is 296 g/mol. The molecule has 0 fully saturated rings. The van der Waals surface area contributed by atoms with Gasteiger partial charge in [0, 0.05) is 41.6 Å². The fourth-order valence-electron chi connectivity index (χ4n) is 1.95. The summed E-state index contributed by atoms with van der Waals surface area (Å²) in [5, 5.41) is 3.31. The van der Waals surface area contributed by atoms with E-state index < -0.39 is 10.8 Å². The zero-order chi connectivity index (χ0) is 15.6. The van der Waals surface area contributed by atoms with Crippen molar-refractivity contribution in [1.29, 1.82) is 0 Å². The van der Waals surface area contributed by atoms with Gasteiger partial charge in [-0.15, -0.1) is 0 Å². The molecule has 0 amide bonds. The van der Waals surface area contributed by atoms with Crippen molar-refractivity contribution < 1.29 is 8.95 Å². The molecule has 0 aliphatic carbocycles. The Labute approximate surface area is 134 Å². The monoisotopic (exact) mass is 318 g/mol. The maximum absolute atomic E-state index is 11.3. The van der Waals surface area contributed by atoms with Gasteiger partial charge in [0.05, 0.1) is 5.69 Å². The van der Waals surface area contributed by atoms with Crippen LogP contribution in [-0.4, -0.2) is 27.2 Å². The molecule has 5 heteroatoms. The third kappa shape index (κ3) is 5.95. The third-order valence-electron chi connectivity index (χ3n) is 3.17. The van der Waals surface area contributed by atoms with Crippen LogP contribution in [0.3, 0.4) is 0 Å². The molecule has 118 valence electrons. The first-order chi connectivity index (χ1) is 10.8. The van der Waals surface area contributed by atoms with Crippen LogP contribution >= 0.6 is 0 Å². The molecule has 0 saturated carbocycles. The Kier molecular flexibility index (Phi) is 7.06. The van der Waals surface area contributed by atoms with Gasteiger partial charge in [-0.1, -0.05) is 25.1 Å². The van der Waals surface area contributed by atoms with Crippen LogP contribution < -0.4 is 10.1 Å². The highest BCUT2D eigenvalue weighted by Gasteiger charge is 2.00. The van der Waals surface area contributed by atoms with Crippen LogP contribution in [0.5, 0.6) is 5.75 Å². The largest absolute Gasteiger partial charge is 0.487 e. The van der Waals surface area contributed by atoms with Gasteiger partial charge in [0.25, 0.3) is 0 Å². The highest BCUT2D eigenvalue weighted by atomic mass is 32.2. The van der Waals surface area contributed by atoms with Crippen molar-refractivity contribution in [3.05, 3.63) is 59.9 Å². The number of nitrogens with zero attached hydrogens (tertiary/aromatic N) is 1. The Balaban J connectivity index is 1.78. The van der Waals surface area contributed by atoms with Crippen molar-refractivity contribution >= 4 is 10.8 Å². The molecule has 0 aliphatic heterocycles. The lowest BCUT2D eigenvalue weighted by Crippen LogP contribution is -2.20. The maximum atomic E-state index is 11.3. The van der Waals surface area contributed by atoms with Gasteiger partial charge in [0.15, 0.2) is 0 Å². The van der Waals surface area contributed by atoms with Gasteiger partial charge in [-0.05, 0) is 29.8 Å². The van der Waals surface area contributed by atoms with Crippen LogP contribution in [0.1, 0.15) is 18.2 Å². The van der Waals surface area contributed by atoms with Gasteiger partial charge in [0.2, 0.25) is 0 Å². The Bertz CT molecular complexity index is 590. The molecule has 22 heavy (non-hydrogen) atoms. The predicted molar refractivity (Wildman–Crippen MR) is 90.3 cm³/mol. The summed E-state index contributed by atoms with van der Waals surface area (Å²) in [5.41, 5.74) is 2.06. The lowest BCUT2D eigenvalue weighted by atomic mass is 10.2. The SMILES string of the molecule is CC[S@](=O)CCNCc1cccc(OCc2ccccn2)c1. The number of ether oxygens (including phenoxy) is 1. The number of hydrogen-bond donors (Lipinski definition) is 1. The van der Waals surface area contributed by atoms with Crippen molar-refractivity contribution in [2.45, 2.75) is 20.1 Å². The average Bonchev–Trinajstić information content (AvgIpc) is 2.58. The lowest BCUT2D eigenvalue weighted by molar-refractivity contribution is 0.301. The quantitative estimate of drug-likeness (QED) is 0.722. The molecule has 0 spiro atoms. The molecule has 1 heterocycles. The van der Waals surface area contributed by atoms with Gasteiger partial charge < -0.3 is 10.1 Å². The minimum absolute atomic E-state index is 0.465. The fraction of sp³-hybridized carbons (Fsp3) is 0.353. The van der Waals surface area contributed by atoms with E-state index >= 15 is 0 Å². The number of rotatable bonds is 9. The molecule has 0 unspecified atom stereocenters. The van der Waals surface area contributed by atoms with Crippen LogP contribution in [0.4, 0.5) is 0 Å². The molecular formula is C17H22N2O2S. The maximum Gasteiger partial charge on any atom is 0.130 e. The standard InChI is InChI=1S/C17H22N2O2S/c1-2-22(20)11-10-18-13-15-6-5-8-17(12-15)21-14-16-7-3-4-9-19-16/h3-9,12,18H,2,10-11,13-14H2,1H3/t22-/m0/s1. The Hall–Kier alpha value is -1.72. The smallest absolute Gasteiger partial charge is 0.130 e. The molecule has 0 bridgehead atoms. The molecule has 2 aromatic rings. The summed E-state index contributed by atoms with van der Waals surface area (Å²) in [6, 6.07) is 13.8. The third-order valence-corrected chi connectivity index (χ3v) is 4.47. The number of hydrogen-bond acceptors (Lipinski definition) is 4. The van der Waals surface area contributed by atoms with Crippen LogP contribution in [0.15, 0.2) is 48.7 Å². The van der Waals surface area contributed by atoms with Crippen LogP contribution in [-0.2, 0) is 24.0 Å². The summed E-state index contributed by atoms with van der Waals surface area (Å²) in [6.45, 7) is 3.92. The zero-order valence-corrected chi connectivity index (χ0v) is 13.6. The number of aromatic nitrogens is 1. The summed E-state index contributed by atoms with van der Waals surface area (Å²) >= 11 is 0. The zero-order valence-electron chi connectivity index (χ0n) is 12.8. The topological polar surface area (TPSA) is 51.2 Å². The minimum Gasteiger partial charge on any atom is -0.487 e. The molecule has 0 aliphatic rings. The van der Waals surface area contributed by atoms with Crippen molar-refractivity contribution in [3.8, 4) is 5.75 Å². The average molecular weight is 318 g/mol. The lowest BCUT2D eigenvalue weighted by Gasteiger charge is -2.08. The first-order valence-electron chi connectivity index (χ1n) is 7.45. The second-order valence-electron chi connectivity index (χ2n) is 4.87. The van der Waals surface area contributed by atoms with Crippen molar-refractivity contribution in [1.82, 2.24) is 10.3 Å². The minimum atomic E-state index is -0.708. The van der Waals surface area contributed by atoms with E-state index in [9.17, 15) is 4.21 Å². The molecule has 1 aromatic heterocycles. The molecule has 0 radical (unpaired) electrons. The van der Waals surface area contributed by atoms with Gasteiger partial charge >= 0.3 is 0 Å². The van der Waals surface area contributed by atoms with E-state index in [-0.39, 0.29) is 0 Å². The highest BCUT2D eigenvalue weighted by molar-refractivity contribution is 7.84. The van der Waals surface area contributed by atoms with Gasteiger partial charge in [-0.25, -0.2) is 0 Å². The summed E-state index contributed by atoms with van der Waals surface area (Å²) in [5.74, 6) is 2.26. The van der Waals surface area contributed by atoms with E-state index in [1.54, 1.807) is 6.20 Å². The molecule has 4 nitrogen and oxygen atoms in total. The van der Waals surface area contributed by atoms with Gasteiger partial charge in [-0.3, -0.25) is 9.19 Å². The van der Waals surface area contributed by atoms with E-state index in [4.69, 9.17) is 4.74 Å². The molecule has 1 atom stereocenters. The van der Waals surface area contributed by atoms with Crippen molar-refractivity contribution in [3.63, 3.8) is 0 Å². The van der Waals surface area contributed by atoms with E-state index in [1.165, 1.54) is 0 Å². The van der Waals surface area contributed by atoms with Crippen LogP contribution in [0, 0.1) is 0 Å². The Morgan fingerprint density at radius 1 is 1.23 bits per heavy atom. The van der Waals surface area contributed by atoms with Gasteiger partial charge in [0.1, 0.15) is 12.4 Å². The van der Waals surface area contributed by atoms with Crippen LogP contribution in [0.2, 0.25) is 0 Å². The Morgan fingerprint density at radius 3 is 2.91 bits per heavy atom. The molecule has 2 rings (SSSR count). The fourth-order valence-corrected chi connectivity index (χ4v) is 2.61. The number of benzene rings is 1. The normalized spacial score (nSPS) is 12.0. The summed E-state index contributed by atoms with van der Waals surface area (Å²) in [4.78, 5) is 4.24. The summed E-state index contributed by atoms with van der Waals surface area (Å²) < 4.78 is 17.1. The van der Waals surface area contributed by atoms with Crippen LogP contribution in [0.25, 0.3) is 0 Å². The first-order valence-corrected chi connectivity index (χ1v) is 8.94. The van der Waals surface area contributed by atoms with E-state index in [2.05, 4.69) is 16.4 Å². The Morgan fingerprint density at radius 2 is 2.14 bits per heavy atom. The second-order valence-corrected chi connectivity index (χ2v) is 6.73.